The Balaban J connectivity index is 1.66. The van der Waals surface area contributed by atoms with Gasteiger partial charge in [-0.1, -0.05) is 29.3 Å². The van der Waals surface area contributed by atoms with Crippen LogP contribution < -0.4 is 0 Å². The number of aliphatic hydroxyl groups excluding tert-OH is 1. The first kappa shape index (κ1) is 14.2. The molecule has 1 amide bonds. The van der Waals surface area contributed by atoms with E-state index in [0.717, 1.165) is 31.4 Å². The highest BCUT2D eigenvalue weighted by molar-refractivity contribution is 6.42. The molecule has 2 fully saturated rings. The summed E-state index contributed by atoms with van der Waals surface area (Å²) in [6.45, 7) is 1.24. The van der Waals surface area contributed by atoms with E-state index in [0.29, 0.717) is 16.6 Å². The number of carbonyl (C=O) groups is 1. The maximum atomic E-state index is 12.4. The Hall–Kier alpha value is -0.770. The second kappa shape index (κ2) is 5.55. The van der Waals surface area contributed by atoms with Crippen LogP contribution in [0.25, 0.3) is 0 Å². The van der Waals surface area contributed by atoms with Gasteiger partial charge in [-0.25, -0.2) is 0 Å². The Morgan fingerprint density at radius 2 is 2.10 bits per heavy atom. The lowest BCUT2D eigenvalue weighted by Gasteiger charge is -2.30. The van der Waals surface area contributed by atoms with Crippen molar-refractivity contribution in [3.63, 3.8) is 0 Å². The molecule has 1 heterocycles. The average Bonchev–Trinajstić information content (AvgIpc) is 3.21. The highest BCUT2D eigenvalue weighted by Crippen LogP contribution is 2.49. The van der Waals surface area contributed by atoms with E-state index in [1.165, 1.54) is 0 Å². The molecule has 108 valence electrons. The van der Waals surface area contributed by atoms with Crippen LogP contribution in [0.4, 0.5) is 0 Å². The number of carbonyl (C=O) groups excluding carboxylic acids is 1. The summed E-state index contributed by atoms with van der Waals surface area (Å²) in [4.78, 5) is 14.2. The lowest BCUT2D eigenvalue weighted by molar-refractivity contribution is -0.135. The van der Waals surface area contributed by atoms with Crippen LogP contribution in [0.5, 0.6) is 0 Å². The highest BCUT2D eigenvalue weighted by Gasteiger charge is 2.46. The first-order valence-corrected chi connectivity index (χ1v) is 7.73. The van der Waals surface area contributed by atoms with Crippen molar-refractivity contribution in [2.75, 3.05) is 13.1 Å². The number of rotatable bonds is 2. The number of β-amino-alcohol motifs (C(OH)–C–C–N with tert-alkyl or cyclic N) is 1. The molecule has 20 heavy (non-hydrogen) atoms. The standard InChI is InChI=1S/C15H17Cl2NO2/c16-13-4-3-9(6-14(13)17)11-7-12(11)15(20)18-5-1-2-10(19)8-18/h3-4,6,10-12,19H,1-2,5,7-8H2. The van der Waals surface area contributed by atoms with Crippen molar-refractivity contribution in [3.8, 4) is 0 Å². The van der Waals surface area contributed by atoms with E-state index in [9.17, 15) is 9.90 Å². The number of likely N-dealkylation sites (tertiary alicyclic amines) is 1. The first-order valence-electron chi connectivity index (χ1n) is 6.98. The van der Waals surface area contributed by atoms with E-state index in [1.54, 1.807) is 11.0 Å². The van der Waals surface area contributed by atoms with Crippen LogP contribution in [-0.4, -0.2) is 35.1 Å². The van der Waals surface area contributed by atoms with E-state index < -0.39 is 0 Å². The van der Waals surface area contributed by atoms with Crippen LogP contribution >= 0.6 is 23.2 Å². The second-order valence-electron chi connectivity index (χ2n) is 5.70. The zero-order valence-electron chi connectivity index (χ0n) is 11.1. The van der Waals surface area contributed by atoms with Crippen molar-refractivity contribution in [2.45, 2.75) is 31.3 Å². The lowest BCUT2D eigenvalue weighted by Crippen LogP contribution is -2.43. The van der Waals surface area contributed by atoms with Crippen LogP contribution in [0, 0.1) is 5.92 Å². The van der Waals surface area contributed by atoms with Gasteiger partial charge in [0.05, 0.1) is 16.1 Å². The Morgan fingerprint density at radius 3 is 2.80 bits per heavy atom. The molecule has 1 saturated carbocycles. The van der Waals surface area contributed by atoms with E-state index in [2.05, 4.69) is 0 Å². The first-order chi connectivity index (χ1) is 9.56. The van der Waals surface area contributed by atoms with E-state index >= 15 is 0 Å². The van der Waals surface area contributed by atoms with Gasteiger partial charge in [0.1, 0.15) is 0 Å². The SMILES string of the molecule is O=C(C1CC1c1ccc(Cl)c(Cl)c1)N1CCCC(O)C1. The number of nitrogens with zero attached hydrogens (tertiary/aromatic N) is 1. The van der Waals surface area contributed by atoms with Crippen LogP contribution in [0.15, 0.2) is 18.2 Å². The molecule has 1 aromatic carbocycles. The van der Waals surface area contributed by atoms with Crippen LogP contribution in [-0.2, 0) is 4.79 Å². The molecule has 0 bridgehead atoms. The summed E-state index contributed by atoms with van der Waals surface area (Å²) in [5.41, 5.74) is 1.08. The molecule has 3 nitrogen and oxygen atoms in total. The van der Waals surface area contributed by atoms with Gasteiger partial charge >= 0.3 is 0 Å². The molecular formula is C15H17Cl2NO2. The van der Waals surface area contributed by atoms with Crippen LogP contribution in [0.2, 0.25) is 10.0 Å². The number of hydrogen-bond acceptors (Lipinski definition) is 2. The third kappa shape index (κ3) is 2.80. The molecule has 3 atom stereocenters. The number of piperidine rings is 1. The smallest absolute Gasteiger partial charge is 0.226 e. The Morgan fingerprint density at radius 1 is 1.30 bits per heavy atom. The van der Waals surface area contributed by atoms with E-state index in [1.807, 2.05) is 12.1 Å². The van der Waals surface area contributed by atoms with Gasteiger partial charge in [0.15, 0.2) is 0 Å². The van der Waals surface area contributed by atoms with Crippen molar-refractivity contribution in [1.82, 2.24) is 4.90 Å². The molecule has 3 rings (SSSR count). The summed E-state index contributed by atoms with van der Waals surface area (Å²) in [6.07, 6.45) is 2.18. The fraction of sp³-hybridized carbons (Fsp3) is 0.533. The maximum Gasteiger partial charge on any atom is 0.226 e. The number of aliphatic hydroxyl groups is 1. The normalized spacial score (nSPS) is 29.4. The molecule has 0 radical (unpaired) electrons. The Kier molecular flexibility index (Phi) is 3.93. The minimum absolute atomic E-state index is 0.0394. The van der Waals surface area contributed by atoms with Crippen LogP contribution in [0.1, 0.15) is 30.7 Å². The van der Waals surface area contributed by atoms with Gasteiger partial charge < -0.3 is 10.0 Å². The molecule has 2 aliphatic rings. The summed E-state index contributed by atoms with van der Waals surface area (Å²) >= 11 is 11.9. The Labute approximate surface area is 128 Å². The van der Waals surface area contributed by atoms with Crippen LogP contribution in [0.3, 0.4) is 0 Å². The van der Waals surface area contributed by atoms with Crippen molar-refractivity contribution >= 4 is 29.1 Å². The van der Waals surface area contributed by atoms with Gasteiger partial charge in [-0.05, 0) is 42.9 Å². The molecule has 1 aliphatic heterocycles. The molecule has 5 heteroatoms. The summed E-state index contributed by atoms with van der Waals surface area (Å²) < 4.78 is 0. The molecule has 1 saturated heterocycles. The zero-order chi connectivity index (χ0) is 14.3. The number of halogens is 2. The quantitative estimate of drug-likeness (QED) is 0.911. The predicted molar refractivity (Wildman–Crippen MR) is 79.1 cm³/mol. The predicted octanol–water partition coefficient (Wildman–Crippen LogP) is 3.08. The molecule has 0 spiro atoms. The summed E-state index contributed by atoms with van der Waals surface area (Å²) in [6, 6.07) is 5.58. The summed E-state index contributed by atoms with van der Waals surface area (Å²) in [7, 11) is 0. The number of benzene rings is 1. The topological polar surface area (TPSA) is 40.5 Å². The summed E-state index contributed by atoms with van der Waals surface area (Å²) in [5.74, 6) is 0.453. The molecule has 3 unspecified atom stereocenters. The molecule has 1 aliphatic carbocycles. The highest BCUT2D eigenvalue weighted by atomic mass is 35.5. The van der Waals surface area contributed by atoms with Gasteiger partial charge in [-0.2, -0.15) is 0 Å². The molecular weight excluding hydrogens is 297 g/mol. The van der Waals surface area contributed by atoms with Gasteiger partial charge in [-0.3, -0.25) is 4.79 Å². The minimum atomic E-state index is -0.366. The Bertz CT molecular complexity index is 535. The number of hydrogen-bond donors (Lipinski definition) is 1. The second-order valence-corrected chi connectivity index (χ2v) is 6.52. The zero-order valence-corrected chi connectivity index (χ0v) is 12.6. The third-order valence-corrected chi connectivity index (χ3v) is 4.93. The van der Waals surface area contributed by atoms with Gasteiger partial charge in [-0.15, -0.1) is 0 Å². The van der Waals surface area contributed by atoms with Crippen molar-refractivity contribution in [3.05, 3.63) is 33.8 Å². The van der Waals surface area contributed by atoms with Gasteiger partial charge in [0.2, 0.25) is 5.91 Å². The fourth-order valence-electron chi connectivity index (χ4n) is 2.97. The molecule has 1 aromatic rings. The fourth-order valence-corrected chi connectivity index (χ4v) is 3.28. The summed E-state index contributed by atoms with van der Waals surface area (Å²) in [5, 5.41) is 10.7. The maximum absolute atomic E-state index is 12.4. The average molecular weight is 314 g/mol. The van der Waals surface area contributed by atoms with Crippen molar-refractivity contribution in [1.29, 1.82) is 0 Å². The lowest BCUT2D eigenvalue weighted by atomic mass is 10.1. The monoisotopic (exact) mass is 313 g/mol. The van der Waals surface area contributed by atoms with Gasteiger partial charge in [0, 0.05) is 19.0 Å². The number of amides is 1. The van der Waals surface area contributed by atoms with Gasteiger partial charge in [0.25, 0.3) is 0 Å². The van der Waals surface area contributed by atoms with E-state index in [-0.39, 0.29) is 23.8 Å². The molecule has 0 aromatic heterocycles. The third-order valence-electron chi connectivity index (χ3n) is 4.19. The van der Waals surface area contributed by atoms with Crippen molar-refractivity contribution in [2.24, 2.45) is 5.92 Å². The molecule has 1 N–H and O–H groups in total. The van der Waals surface area contributed by atoms with Crippen molar-refractivity contribution < 1.29 is 9.90 Å². The van der Waals surface area contributed by atoms with E-state index in [4.69, 9.17) is 23.2 Å². The minimum Gasteiger partial charge on any atom is -0.391 e. The largest absolute Gasteiger partial charge is 0.391 e.